The number of nitrogens with one attached hydrogen (secondary N) is 1. The van der Waals surface area contributed by atoms with Crippen molar-refractivity contribution in [2.75, 3.05) is 0 Å². The second kappa shape index (κ2) is 8.62. The first-order chi connectivity index (χ1) is 11.4. The van der Waals surface area contributed by atoms with Crippen molar-refractivity contribution in [1.29, 1.82) is 0 Å². The summed E-state index contributed by atoms with van der Waals surface area (Å²) in [5.41, 5.74) is 1.01. The molecule has 1 aromatic carbocycles. The molecule has 1 aliphatic rings. The first kappa shape index (κ1) is 18.9. The Bertz CT molecular complexity index is 639. The number of rotatable bonds is 4. The molecule has 24 heavy (non-hydrogen) atoms. The highest BCUT2D eigenvalue weighted by atomic mass is 32.2. The number of hydrogen-bond acceptors (Lipinski definition) is 4. The zero-order valence-corrected chi connectivity index (χ0v) is 15.3. The summed E-state index contributed by atoms with van der Waals surface area (Å²) in [7, 11) is -3.63. The smallest absolute Gasteiger partial charge is 0.302 e. The van der Waals surface area contributed by atoms with Crippen LogP contribution < -0.4 is 4.72 Å². The van der Waals surface area contributed by atoms with E-state index in [0.29, 0.717) is 12.8 Å². The molecular weight excluding hydrogens is 326 g/mol. The van der Waals surface area contributed by atoms with E-state index in [1.54, 1.807) is 24.3 Å². The summed E-state index contributed by atoms with van der Waals surface area (Å²) >= 11 is 0. The van der Waals surface area contributed by atoms with Gasteiger partial charge in [0.1, 0.15) is 6.10 Å². The first-order valence-corrected chi connectivity index (χ1v) is 10.1. The number of benzene rings is 1. The summed E-state index contributed by atoms with van der Waals surface area (Å²) in [4.78, 5) is 11.7. The van der Waals surface area contributed by atoms with Gasteiger partial charge in [0.25, 0.3) is 0 Å². The van der Waals surface area contributed by atoms with E-state index in [2.05, 4.69) is 4.72 Å². The van der Waals surface area contributed by atoms with Gasteiger partial charge in [-0.15, -0.1) is 0 Å². The summed E-state index contributed by atoms with van der Waals surface area (Å²) < 4.78 is 33.6. The molecule has 1 N–H and O–H groups in total. The van der Waals surface area contributed by atoms with Gasteiger partial charge in [-0.25, -0.2) is 13.1 Å². The summed E-state index contributed by atoms with van der Waals surface area (Å²) in [6, 6.07) is 6.39. The Labute approximate surface area is 144 Å². The maximum atomic E-state index is 12.7. The lowest BCUT2D eigenvalue weighted by Crippen LogP contribution is -2.45. The van der Waals surface area contributed by atoms with Crippen LogP contribution in [0.25, 0.3) is 0 Å². The monoisotopic (exact) mass is 353 g/mol. The summed E-state index contributed by atoms with van der Waals surface area (Å²) in [5.74, 6) is -0.362. The van der Waals surface area contributed by atoms with Crippen LogP contribution in [-0.2, 0) is 19.6 Å². The number of ether oxygens (including phenoxy) is 1. The third-order valence-electron chi connectivity index (χ3n) is 4.41. The van der Waals surface area contributed by atoms with Gasteiger partial charge in [0.05, 0.1) is 10.9 Å². The van der Waals surface area contributed by atoms with Gasteiger partial charge in [-0.1, -0.05) is 43.4 Å². The fourth-order valence-electron chi connectivity index (χ4n) is 3.10. The van der Waals surface area contributed by atoms with E-state index >= 15 is 0 Å². The lowest BCUT2D eigenvalue weighted by atomic mass is 10.0. The van der Waals surface area contributed by atoms with E-state index in [-0.39, 0.29) is 16.9 Å². The Kier molecular flexibility index (Phi) is 6.80. The fraction of sp³-hybridized carbons (Fsp3) is 0.611. The molecule has 0 aliphatic heterocycles. The first-order valence-electron chi connectivity index (χ1n) is 8.65. The predicted molar refractivity (Wildman–Crippen MR) is 93.2 cm³/mol. The standard InChI is InChI=1S/C18H27NO4S/c1-14-10-12-16(13-11-14)24(21,22)19-17-8-6-4-3-5-7-9-18(17)23-15(2)20/h10-13,17-19H,3-9H2,1-2H3/t17-,18-/m0/s1. The Balaban J connectivity index is 2.19. The predicted octanol–water partition coefficient (Wildman–Crippen LogP) is 3.32. The van der Waals surface area contributed by atoms with Crippen molar-refractivity contribution in [1.82, 2.24) is 4.72 Å². The maximum absolute atomic E-state index is 12.7. The van der Waals surface area contributed by atoms with Gasteiger partial charge in [-0.05, 0) is 38.3 Å². The van der Waals surface area contributed by atoms with Gasteiger partial charge in [-0.3, -0.25) is 4.79 Å². The molecule has 2 rings (SSSR count). The molecule has 0 unspecified atom stereocenters. The van der Waals surface area contributed by atoms with Gasteiger partial charge in [0.15, 0.2) is 0 Å². The molecule has 0 bridgehead atoms. The summed E-state index contributed by atoms with van der Waals surface area (Å²) in [6.07, 6.45) is 6.17. The molecule has 2 atom stereocenters. The minimum atomic E-state index is -3.63. The van der Waals surface area contributed by atoms with E-state index in [9.17, 15) is 13.2 Å². The number of hydrogen-bond donors (Lipinski definition) is 1. The van der Waals surface area contributed by atoms with Gasteiger partial charge < -0.3 is 4.74 Å². The molecule has 6 heteroatoms. The topological polar surface area (TPSA) is 72.5 Å². The van der Waals surface area contributed by atoms with Crippen molar-refractivity contribution >= 4 is 16.0 Å². The highest BCUT2D eigenvalue weighted by molar-refractivity contribution is 7.89. The van der Waals surface area contributed by atoms with Crippen LogP contribution in [0.15, 0.2) is 29.2 Å². The van der Waals surface area contributed by atoms with Crippen molar-refractivity contribution in [2.45, 2.75) is 75.8 Å². The molecule has 0 saturated heterocycles. The quantitative estimate of drug-likeness (QED) is 0.843. The van der Waals surface area contributed by atoms with E-state index < -0.39 is 16.1 Å². The number of esters is 1. The van der Waals surface area contributed by atoms with E-state index in [1.165, 1.54) is 6.92 Å². The molecule has 1 fully saturated rings. The minimum Gasteiger partial charge on any atom is -0.461 e. The summed E-state index contributed by atoms with van der Waals surface area (Å²) in [5, 5.41) is 0. The van der Waals surface area contributed by atoms with Crippen LogP contribution in [0.4, 0.5) is 0 Å². The molecule has 1 saturated carbocycles. The fourth-order valence-corrected chi connectivity index (χ4v) is 4.40. The van der Waals surface area contributed by atoms with Gasteiger partial charge >= 0.3 is 5.97 Å². The second-order valence-corrected chi connectivity index (χ2v) is 8.25. The van der Waals surface area contributed by atoms with Crippen LogP contribution in [-0.4, -0.2) is 26.5 Å². The molecule has 5 nitrogen and oxygen atoms in total. The van der Waals surface area contributed by atoms with Crippen LogP contribution in [0.3, 0.4) is 0 Å². The van der Waals surface area contributed by atoms with E-state index in [0.717, 1.165) is 37.7 Å². The van der Waals surface area contributed by atoms with E-state index in [4.69, 9.17) is 4.74 Å². The molecule has 1 aliphatic carbocycles. The van der Waals surface area contributed by atoms with Crippen LogP contribution >= 0.6 is 0 Å². The van der Waals surface area contributed by atoms with Gasteiger partial charge in [0.2, 0.25) is 10.0 Å². The lowest BCUT2D eigenvalue weighted by Gasteiger charge is -2.27. The van der Waals surface area contributed by atoms with Crippen molar-refractivity contribution in [3.63, 3.8) is 0 Å². The molecule has 0 amide bonds. The number of carbonyl (C=O) groups is 1. The zero-order chi connectivity index (χ0) is 17.6. The average Bonchev–Trinajstić information content (AvgIpc) is 2.61. The van der Waals surface area contributed by atoms with Crippen LogP contribution in [0.5, 0.6) is 0 Å². The highest BCUT2D eigenvalue weighted by Crippen LogP contribution is 2.22. The largest absolute Gasteiger partial charge is 0.461 e. The van der Waals surface area contributed by atoms with Crippen molar-refractivity contribution in [3.05, 3.63) is 29.8 Å². The Hall–Kier alpha value is -1.40. The van der Waals surface area contributed by atoms with Crippen molar-refractivity contribution in [3.8, 4) is 0 Å². The zero-order valence-electron chi connectivity index (χ0n) is 14.5. The third-order valence-corrected chi connectivity index (χ3v) is 5.91. The Morgan fingerprint density at radius 3 is 2.25 bits per heavy atom. The minimum absolute atomic E-state index is 0.245. The van der Waals surface area contributed by atoms with Crippen molar-refractivity contribution < 1.29 is 17.9 Å². The Morgan fingerprint density at radius 2 is 1.62 bits per heavy atom. The normalized spacial score (nSPS) is 22.9. The van der Waals surface area contributed by atoms with Crippen LogP contribution in [0.2, 0.25) is 0 Å². The maximum Gasteiger partial charge on any atom is 0.302 e. The SMILES string of the molecule is CC(=O)O[C@H]1CCCCCCC[C@@H]1NS(=O)(=O)c1ccc(C)cc1. The number of aryl methyl sites for hydroxylation is 1. The van der Waals surface area contributed by atoms with Crippen LogP contribution in [0.1, 0.15) is 57.4 Å². The Morgan fingerprint density at radius 1 is 1.04 bits per heavy atom. The number of carbonyl (C=O) groups excluding carboxylic acids is 1. The number of sulfonamides is 1. The molecule has 0 aromatic heterocycles. The average molecular weight is 353 g/mol. The lowest BCUT2D eigenvalue weighted by molar-refractivity contribution is -0.148. The van der Waals surface area contributed by atoms with Gasteiger partial charge in [-0.2, -0.15) is 0 Å². The molecule has 134 valence electrons. The molecule has 0 radical (unpaired) electrons. The second-order valence-electron chi connectivity index (χ2n) is 6.53. The van der Waals surface area contributed by atoms with Crippen LogP contribution in [0, 0.1) is 6.92 Å². The third kappa shape index (κ3) is 5.60. The van der Waals surface area contributed by atoms with Gasteiger partial charge in [0, 0.05) is 6.92 Å². The molecule has 0 spiro atoms. The molecule has 1 aromatic rings. The van der Waals surface area contributed by atoms with E-state index in [1.807, 2.05) is 6.92 Å². The molecular formula is C18H27NO4S. The van der Waals surface area contributed by atoms with Crippen molar-refractivity contribution in [2.24, 2.45) is 0 Å². The molecule has 0 heterocycles. The highest BCUT2D eigenvalue weighted by Gasteiger charge is 2.29. The summed E-state index contributed by atoms with van der Waals surface area (Å²) in [6.45, 7) is 3.29.